The van der Waals surface area contributed by atoms with Crippen LogP contribution in [0.5, 0.6) is 0 Å². The smallest absolute Gasteiger partial charge is 0.255 e. The molecular weight excluding hydrogens is 589 g/mol. The molecule has 2 aliphatic rings. The van der Waals surface area contributed by atoms with Crippen molar-refractivity contribution in [3.05, 3.63) is 58.4 Å². The maximum atomic E-state index is 13.7. The van der Waals surface area contributed by atoms with Crippen LogP contribution in [-0.2, 0) is 19.4 Å². The number of carbonyl (C=O) groups is 3. The molecule has 2 aromatic carbocycles. The van der Waals surface area contributed by atoms with E-state index in [1.54, 1.807) is 0 Å². The van der Waals surface area contributed by atoms with Gasteiger partial charge in [0.2, 0.25) is 11.8 Å². The van der Waals surface area contributed by atoms with E-state index in [0.29, 0.717) is 25.0 Å². The average molecular weight is 617 g/mol. The van der Waals surface area contributed by atoms with E-state index in [4.69, 9.17) is 23.1 Å². The predicted octanol–water partition coefficient (Wildman–Crippen LogP) is 2.02. The molecule has 2 aliphatic carbocycles. The molecule has 0 saturated heterocycles. The highest BCUT2D eigenvalue weighted by atomic mass is 35.5. The van der Waals surface area contributed by atoms with E-state index >= 15 is 0 Å². The molecule has 3 amide bonds. The monoisotopic (exact) mass is 616 g/mol. The SMILES string of the molecule is NC(=O)C[C@H](N)C(=O)NC[C@@]1(O)[C@@H]2CC[C@H]1C[C@H](S(=O)(=O)c1cc(C(=O)Nc3cc(F)c(F)c(F)c3)ccc1Cl)C2. The highest BCUT2D eigenvalue weighted by Crippen LogP contribution is 2.52. The summed E-state index contributed by atoms with van der Waals surface area (Å²) >= 11 is 6.23. The van der Waals surface area contributed by atoms with E-state index in [1.165, 1.54) is 12.1 Å². The molecule has 41 heavy (non-hydrogen) atoms. The number of aliphatic hydroxyl groups is 1. The van der Waals surface area contributed by atoms with Crippen molar-refractivity contribution in [2.75, 3.05) is 11.9 Å². The fraction of sp³-hybridized carbons (Fsp3) is 0.423. The van der Waals surface area contributed by atoms with E-state index in [1.807, 2.05) is 0 Å². The summed E-state index contributed by atoms with van der Waals surface area (Å²) in [6.07, 6.45) is 0.764. The molecule has 0 radical (unpaired) electrons. The third-order valence-corrected chi connectivity index (χ3v) is 10.5. The zero-order valence-corrected chi connectivity index (χ0v) is 23.1. The van der Waals surface area contributed by atoms with Crippen LogP contribution in [0.25, 0.3) is 0 Å². The number of fused-ring (bicyclic) bond motifs is 2. The van der Waals surface area contributed by atoms with Gasteiger partial charge in [-0.25, -0.2) is 21.6 Å². The van der Waals surface area contributed by atoms with Crippen LogP contribution in [0.4, 0.5) is 18.9 Å². The molecule has 2 aromatic rings. The zero-order valence-electron chi connectivity index (χ0n) is 21.5. The molecule has 7 N–H and O–H groups in total. The fourth-order valence-corrected chi connectivity index (χ4v) is 8.10. The summed E-state index contributed by atoms with van der Waals surface area (Å²) in [6.45, 7) is -0.179. The van der Waals surface area contributed by atoms with Crippen molar-refractivity contribution in [3.8, 4) is 0 Å². The van der Waals surface area contributed by atoms with Gasteiger partial charge in [-0.05, 0) is 55.7 Å². The summed E-state index contributed by atoms with van der Waals surface area (Å²) in [5, 5.41) is 15.0. The first-order chi connectivity index (χ1) is 19.1. The molecule has 222 valence electrons. The van der Waals surface area contributed by atoms with Crippen molar-refractivity contribution in [2.45, 2.75) is 53.9 Å². The van der Waals surface area contributed by atoms with Crippen LogP contribution in [0.15, 0.2) is 35.2 Å². The van der Waals surface area contributed by atoms with Gasteiger partial charge >= 0.3 is 0 Å². The summed E-state index contributed by atoms with van der Waals surface area (Å²) in [5.74, 6) is -8.03. The van der Waals surface area contributed by atoms with Crippen LogP contribution in [-0.4, -0.2) is 54.7 Å². The Morgan fingerprint density at radius 2 is 1.66 bits per heavy atom. The summed E-state index contributed by atoms with van der Waals surface area (Å²) in [7, 11) is -4.13. The summed E-state index contributed by atoms with van der Waals surface area (Å²) in [4.78, 5) is 35.7. The molecule has 0 heterocycles. The maximum absolute atomic E-state index is 13.7. The van der Waals surface area contributed by atoms with Crippen molar-refractivity contribution in [2.24, 2.45) is 23.3 Å². The van der Waals surface area contributed by atoms with Gasteiger partial charge in [-0.2, -0.15) is 0 Å². The third-order valence-electron chi connectivity index (χ3n) is 7.86. The second-order valence-electron chi connectivity index (χ2n) is 10.4. The average Bonchev–Trinajstić information content (AvgIpc) is 3.05. The van der Waals surface area contributed by atoms with Gasteiger partial charge in [-0.3, -0.25) is 14.4 Å². The van der Waals surface area contributed by atoms with Crippen LogP contribution in [0.1, 0.15) is 42.5 Å². The Bertz CT molecular complexity index is 1470. The fourth-order valence-electron chi connectivity index (χ4n) is 5.69. The van der Waals surface area contributed by atoms with Crippen LogP contribution in [0.2, 0.25) is 5.02 Å². The Kier molecular flexibility index (Phi) is 8.69. The van der Waals surface area contributed by atoms with Gasteiger partial charge in [-0.1, -0.05) is 11.6 Å². The normalized spacial score (nSPS) is 24.5. The Balaban J connectivity index is 1.50. The summed E-state index contributed by atoms with van der Waals surface area (Å²) in [5.41, 5.74) is 8.77. The van der Waals surface area contributed by atoms with Crippen molar-refractivity contribution < 1.29 is 41.1 Å². The number of anilines is 1. The predicted molar refractivity (Wildman–Crippen MR) is 142 cm³/mol. The van der Waals surface area contributed by atoms with Gasteiger partial charge in [-0.15, -0.1) is 0 Å². The number of hydrogen-bond donors (Lipinski definition) is 5. The number of hydrogen-bond acceptors (Lipinski definition) is 7. The molecule has 2 bridgehead atoms. The molecule has 2 saturated carbocycles. The van der Waals surface area contributed by atoms with Crippen LogP contribution >= 0.6 is 11.6 Å². The molecule has 0 unspecified atom stereocenters. The lowest BCUT2D eigenvalue weighted by atomic mass is 9.74. The molecule has 0 aromatic heterocycles. The minimum Gasteiger partial charge on any atom is -0.387 e. The first-order valence-electron chi connectivity index (χ1n) is 12.7. The van der Waals surface area contributed by atoms with Crippen molar-refractivity contribution in [1.82, 2.24) is 5.32 Å². The number of carbonyl (C=O) groups excluding carboxylic acids is 3. The maximum Gasteiger partial charge on any atom is 0.255 e. The summed E-state index contributed by atoms with van der Waals surface area (Å²) < 4.78 is 67.7. The Labute approximate surface area is 238 Å². The van der Waals surface area contributed by atoms with Crippen LogP contribution in [0.3, 0.4) is 0 Å². The van der Waals surface area contributed by atoms with E-state index in [9.17, 15) is 41.1 Å². The van der Waals surface area contributed by atoms with E-state index < -0.39 is 73.7 Å². The standard InChI is InChI=1S/C26H28ClF3N4O6S/c27-17-4-1-12(24(36)34-15-8-18(28)23(30)19(29)9-15)5-21(17)41(39,40)16-6-13-2-3-14(7-16)26(13,38)11-33-25(37)20(31)10-22(32)35/h1,4-5,8-9,13-14,16,20,38H,2-3,6-7,10-11,31H2,(H2,32,35)(H,33,37)(H,34,36)/t13-,14+,16-,20-,26-/m0/s1. The molecule has 0 spiro atoms. The summed E-state index contributed by atoms with van der Waals surface area (Å²) in [6, 6.07) is 3.45. The number of primary amides is 1. The molecule has 2 fully saturated rings. The topological polar surface area (TPSA) is 182 Å². The lowest BCUT2D eigenvalue weighted by Crippen LogP contribution is -2.56. The Morgan fingerprint density at radius 3 is 2.22 bits per heavy atom. The first-order valence-corrected chi connectivity index (χ1v) is 14.6. The minimum absolute atomic E-state index is 0.0550. The molecule has 5 atom stereocenters. The molecule has 15 heteroatoms. The number of amides is 3. The number of nitrogens with one attached hydrogen (secondary N) is 2. The van der Waals surface area contributed by atoms with Crippen molar-refractivity contribution in [3.63, 3.8) is 0 Å². The van der Waals surface area contributed by atoms with Gasteiger partial charge in [0.25, 0.3) is 5.91 Å². The highest BCUT2D eigenvalue weighted by molar-refractivity contribution is 7.92. The van der Waals surface area contributed by atoms with Gasteiger partial charge in [0.15, 0.2) is 27.3 Å². The molecule has 4 rings (SSSR count). The number of sulfone groups is 1. The Morgan fingerprint density at radius 1 is 1.07 bits per heavy atom. The van der Waals surface area contributed by atoms with Gasteiger partial charge in [0.1, 0.15) is 0 Å². The molecular formula is C26H28ClF3N4O6S. The molecule has 10 nitrogen and oxygen atoms in total. The van der Waals surface area contributed by atoms with E-state index in [-0.39, 0.29) is 47.0 Å². The largest absolute Gasteiger partial charge is 0.387 e. The van der Waals surface area contributed by atoms with Crippen LogP contribution < -0.4 is 22.1 Å². The minimum atomic E-state index is -4.13. The number of benzene rings is 2. The zero-order chi connectivity index (χ0) is 30.3. The lowest BCUT2D eigenvalue weighted by Gasteiger charge is -2.42. The number of halogens is 4. The van der Waals surface area contributed by atoms with Gasteiger partial charge in [0.05, 0.1) is 33.2 Å². The quantitative estimate of drug-likeness (QED) is 0.267. The van der Waals surface area contributed by atoms with Gasteiger partial charge in [0, 0.05) is 29.9 Å². The lowest BCUT2D eigenvalue weighted by molar-refractivity contribution is -0.128. The second kappa shape index (κ2) is 11.6. The third kappa shape index (κ3) is 6.20. The second-order valence-corrected chi connectivity index (χ2v) is 13.1. The van der Waals surface area contributed by atoms with E-state index in [0.717, 1.165) is 6.07 Å². The molecule has 0 aliphatic heterocycles. The van der Waals surface area contributed by atoms with Gasteiger partial charge < -0.3 is 27.2 Å². The highest BCUT2D eigenvalue weighted by Gasteiger charge is 2.55. The van der Waals surface area contributed by atoms with E-state index in [2.05, 4.69) is 10.6 Å². The first kappa shape index (κ1) is 30.8. The number of nitrogens with two attached hydrogens (primary N) is 2. The van der Waals surface area contributed by atoms with Crippen molar-refractivity contribution >= 4 is 44.8 Å². The Hall–Kier alpha value is -3.20. The number of rotatable bonds is 9. The van der Waals surface area contributed by atoms with Crippen molar-refractivity contribution in [1.29, 1.82) is 0 Å². The van der Waals surface area contributed by atoms with Crippen LogP contribution in [0, 0.1) is 29.3 Å².